The van der Waals surface area contributed by atoms with E-state index in [2.05, 4.69) is 45.5 Å². The van der Waals surface area contributed by atoms with Gasteiger partial charge in [-0.25, -0.2) is 0 Å². The van der Waals surface area contributed by atoms with Crippen molar-refractivity contribution >= 4 is 12.6 Å². The minimum atomic E-state index is 0.615. The van der Waals surface area contributed by atoms with E-state index in [1.165, 1.54) is 11.1 Å². The van der Waals surface area contributed by atoms with Gasteiger partial charge in [0.05, 0.1) is 0 Å². The van der Waals surface area contributed by atoms with Gasteiger partial charge in [0, 0.05) is 4.90 Å². The standard InChI is InChI=1S/C10H14S/c1-7(2)10-5-4-9(11)6-8(10)3/h4-7,11H,1-3H3. The molecule has 1 aromatic rings. The Labute approximate surface area is 74.0 Å². The highest BCUT2D eigenvalue weighted by Crippen LogP contribution is 2.20. The van der Waals surface area contributed by atoms with Gasteiger partial charge >= 0.3 is 0 Å². The first-order valence-corrected chi connectivity index (χ1v) is 4.35. The number of aryl methyl sites for hydroxylation is 1. The Morgan fingerprint density at radius 2 is 1.91 bits per heavy atom. The number of hydrogen-bond acceptors (Lipinski definition) is 1. The van der Waals surface area contributed by atoms with Gasteiger partial charge < -0.3 is 0 Å². The first-order chi connectivity index (χ1) is 5.11. The Balaban J connectivity index is 3.09. The highest BCUT2D eigenvalue weighted by atomic mass is 32.1. The first kappa shape index (κ1) is 8.66. The summed E-state index contributed by atoms with van der Waals surface area (Å²) in [7, 11) is 0. The fraction of sp³-hybridized carbons (Fsp3) is 0.400. The summed E-state index contributed by atoms with van der Waals surface area (Å²) < 4.78 is 0. The molecule has 0 aromatic heterocycles. The monoisotopic (exact) mass is 166 g/mol. The van der Waals surface area contributed by atoms with Crippen molar-refractivity contribution in [1.29, 1.82) is 0 Å². The fourth-order valence-electron chi connectivity index (χ4n) is 1.31. The van der Waals surface area contributed by atoms with Gasteiger partial charge in [0.1, 0.15) is 0 Å². The zero-order chi connectivity index (χ0) is 8.43. The molecular weight excluding hydrogens is 152 g/mol. The second-order valence-electron chi connectivity index (χ2n) is 3.20. The van der Waals surface area contributed by atoms with Crippen LogP contribution in [-0.4, -0.2) is 0 Å². The van der Waals surface area contributed by atoms with Crippen molar-refractivity contribution in [3.63, 3.8) is 0 Å². The van der Waals surface area contributed by atoms with Crippen LogP contribution in [0.25, 0.3) is 0 Å². The summed E-state index contributed by atoms with van der Waals surface area (Å²) in [5, 5.41) is 0. The van der Waals surface area contributed by atoms with Crippen LogP contribution in [0.3, 0.4) is 0 Å². The molecule has 0 fully saturated rings. The maximum absolute atomic E-state index is 4.27. The first-order valence-electron chi connectivity index (χ1n) is 3.91. The molecule has 0 nitrogen and oxygen atoms in total. The molecule has 0 heterocycles. The number of rotatable bonds is 1. The van der Waals surface area contributed by atoms with Gasteiger partial charge in [0.15, 0.2) is 0 Å². The molecule has 0 unspecified atom stereocenters. The molecule has 0 saturated carbocycles. The Morgan fingerprint density at radius 3 is 2.36 bits per heavy atom. The van der Waals surface area contributed by atoms with Gasteiger partial charge in [-0.2, -0.15) is 0 Å². The van der Waals surface area contributed by atoms with Crippen molar-refractivity contribution in [3.8, 4) is 0 Å². The molecule has 0 aliphatic heterocycles. The van der Waals surface area contributed by atoms with E-state index >= 15 is 0 Å². The molecule has 1 heteroatoms. The van der Waals surface area contributed by atoms with Crippen LogP contribution in [0, 0.1) is 6.92 Å². The highest BCUT2D eigenvalue weighted by Gasteiger charge is 2.01. The van der Waals surface area contributed by atoms with Crippen LogP contribution in [0.15, 0.2) is 23.1 Å². The zero-order valence-electron chi connectivity index (χ0n) is 7.26. The van der Waals surface area contributed by atoms with Crippen molar-refractivity contribution in [2.24, 2.45) is 0 Å². The average molecular weight is 166 g/mol. The van der Waals surface area contributed by atoms with Crippen LogP contribution in [0.5, 0.6) is 0 Å². The molecule has 0 aliphatic carbocycles. The lowest BCUT2D eigenvalue weighted by molar-refractivity contribution is 0.854. The molecule has 0 N–H and O–H groups in total. The van der Waals surface area contributed by atoms with Crippen LogP contribution in [-0.2, 0) is 0 Å². The van der Waals surface area contributed by atoms with Crippen molar-refractivity contribution in [3.05, 3.63) is 29.3 Å². The van der Waals surface area contributed by atoms with Crippen LogP contribution >= 0.6 is 12.6 Å². The third-order valence-electron chi connectivity index (χ3n) is 1.88. The fourth-order valence-corrected chi connectivity index (χ4v) is 1.58. The lowest BCUT2D eigenvalue weighted by atomic mass is 9.98. The minimum absolute atomic E-state index is 0.615. The predicted octanol–water partition coefficient (Wildman–Crippen LogP) is 3.41. The molecule has 1 rings (SSSR count). The van der Waals surface area contributed by atoms with Gasteiger partial charge in [-0.05, 0) is 36.1 Å². The molecule has 0 radical (unpaired) electrons. The number of hydrogen-bond donors (Lipinski definition) is 1. The van der Waals surface area contributed by atoms with Crippen LogP contribution in [0.1, 0.15) is 30.9 Å². The summed E-state index contributed by atoms with van der Waals surface area (Å²) in [5.74, 6) is 0.615. The quantitative estimate of drug-likeness (QED) is 0.607. The third-order valence-corrected chi connectivity index (χ3v) is 2.15. The summed E-state index contributed by atoms with van der Waals surface area (Å²) in [6.07, 6.45) is 0. The SMILES string of the molecule is Cc1cc(S)ccc1C(C)C. The van der Waals surface area contributed by atoms with E-state index in [0.717, 1.165) is 4.90 Å². The molecule has 0 atom stereocenters. The molecule has 0 saturated heterocycles. The molecule has 0 amide bonds. The molecular formula is C10H14S. The zero-order valence-corrected chi connectivity index (χ0v) is 8.15. The molecule has 11 heavy (non-hydrogen) atoms. The van der Waals surface area contributed by atoms with Crippen molar-refractivity contribution in [2.45, 2.75) is 31.6 Å². The van der Waals surface area contributed by atoms with Gasteiger partial charge in [0.25, 0.3) is 0 Å². The summed E-state index contributed by atoms with van der Waals surface area (Å²) in [6, 6.07) is 6.31. The summed E-state index contributed by atoms with van der Waals surface area (Å²) in [5.41, 5.74) is 2.76. The van der Waals surface area contributed by atoms with E-state index in [-0.39, 0.29) is 0 Å². The lowest BCUT2D eigenvalue weighted by Crippen LogP contribution is -1.90. The van der Waals surface area contributed by atoms with Gasteiger partial charge in [-0.15, -0.1) is 12.6 Å². The molecule has 1 aromatic carbocycles. The summed E-state index contributed by atoms with van der Waals surface area (Å²) in [6.45, 7) is 6.55. The van der Waals surface area contributed by atoms with Crippen LogP contribution < -0.4 is 0 Å². The van der Waals surface area contributed by atoms with Crippen molar-refractivity contribution < 1.29 is 0 Å². The maximum atomic E-state index is 4.27. The van der Waals surface area contributed by atoms with Crippen molar-refractivity contribution in [2.75, 3.05) is 0 Å². The van der Waals surface area contributed by atoms with E-state index in [9.17, 15) is 0 Å². The third kappa shape index (κ3) is 2.00. The Hall–Kier alpha value is -0.430. The topological polar surface area (TPSA) is 0 Å². The molecule has 0 bridgehead atoms. The van der Waals surface area contributed by atoms with E-state index in [1.54, 1.807) is 0 Å². The minimum Gasteiger partial charge on any atom is -0.143 e. The van der Waals surface area contributed by atoms with Gasteiger partial charge in [-0.1, -0.05) is 19.9 Å². The van der Waals surface area contributed by atoms with Crippen LogP contribution in [0.4, 0.5) is 0 Å². The molecule has 0 spiro atoms. The largest absolute Gasteiger partial charge is 0.143 e. The summed E-state index contributed by atoms with van der Waals surface area (Å²) in [4.78, 5) is 1.05. The summed E-state index contributed by atoms with van der Waals surface area (Å²) >= 11 is 4.27. The normalized spacial score (nSPS) is 10.6. The van der Waals surface area contributed by atoms with Crippen LogP contribution in [0.2, 0.25) is 0 Å². The van der Waals surface area contributed by atoms with E-state index in [1.807, 2.05) is 6.07 Å². The predicted molar refractivity (Wildman–Crippen MR) is 52.5 cm³/mol. The Bertz CT molecular complexity index is 251. The number of benzene rings is 1. The van der Waals surface area contributed by atoms with E-state index in [0.29, 0.717) is 5.92 Å². The average Bonchev–Trinajstić information content (AvgIpc) is 1.85. The second kappa shape index (κ2) is 3.31. The maximum Gasteiger partial charge on any atom is 0.00428 e. The lowest BCUT2D eigenvalue weighted by Gasteiger charge is -2.09. The highest BCUT2D eigenvalue weighted by molar-refractivity contribution is 7.80. The van der Waals surface area contributed by atoms with Gasteiger partial charge in [0.2, 0.25) is 0 Å². The molecule has 0 aliphatic rings. The van der Waals surface area contributed by atoms with Gasteiger partial charge in [-0.3, -0.25) is 0 Å². The Kier molecular flexibility index (Phi) is 2.61. The Morgan fingerprint density at radius 1 is 1.27 bits per heavy atom. The second-order valence-corrected chi connectivity index (χ2v) is 3.71. The van der Waals surface area contributed by atoms with Crippen molar-refractivity contribution in [1.82, 2.24) is 0 Å². The smallest absolute Gasteiger partial charge is 0.00428 e. The molecule has 60 valence electrons. The number of thiol groups is 1. The van der Waals surface area contributed by atoms with E-state index in [4.69, 9.17) is 0 Å². The van der Waals surface area contributed by atoms with E-state index < -0.39 is 0 Å².